The van der Waals surface area contributed by atoms with Gasteiger partial charge >= 0.3 is 0 Å². The van der Waals surface area contributed by atoms with Crippen LogP contribution in [0.5, 0.6) is 17.2 Å². The van der Waals surface area contributed by atoms with E-state index in [1.54, 1.807) is 29.2 Å². The summed E-state index contributed by atoms with van der Waals surface area (Å²) in [6.45, 7) is 2.00. The van der Waals surface area contributed by atoms with Crippen molar-refractivity contribution in [2.24, 2.45) is 0 Å². The van der Waals surface area contributed by atoms with Crippen molar-refractivity contribution in [2.75, 3.05) is 63.3 Å². The minimum Gasteiger partial charge on any atom is -0.497 e. The number of sulfonamides is 1. The summed E-state index contributed by atoms with van der Waals surface area (Å²) < 4.78 is 44.6. The van der Waals surface area contributed by atoms with Gasteiger partial charge in [-0.15, -0.1) is 0 Å². The zero-order chi connectivity index (χ0) is 26.4. The molecular formula is C27H31N3O6S. The number of hydrogen-bond donors (Lipinski definition) is 0. The number of benzene rings is 3. The van der Waals surface area contributed by atoms with Crippen LogP contribution < -0.4 is 23.4 Å². The number of carbonyl (C=O) groups excluding carboxylic acids is 1. The third-order valence-corrected chi connectivity index (χ3v) is 8.11. The van der Waals surface area contributed by atoms with Gasteiger partial charge in [-0.05, 0) is 48.5 Å². The minimum absolute atomic E-state index is 0.0114. The third kappa shape index (κ3) is 5.75. The molecular weight excluding hydrogens is 494 g/mol. The molecule has 0 N–H and O–H groups in total. The first kappa shape index (κ1) is 26.2. The van der Waals surface area contributed by atoms with Crippen molar-refractivity contribution in [1.82, 2.24) is 4.90 Å². The van der Waals surface area contributed by atoms with Crippen LogP contribution in [0.25, 0.3) is 0 Å². The summed E-state index contributed by atoms with van der Waals surface area (Å²) in [7, 11) is 0.330. The largest absolute Gasteiger partial charge is 0.497 e. The van der Waals surface area contributed by atoms with Gasteiger partial charge in [0.25, 0.3) is 10.0 Å². The number of methoxy groups -OCH3 is 3. The van der Waals surface area contributed by atoms with Gasteiger partial charge in [-0.1, -0.05) is 18.2 Å². The average molecular weight is 526 g/mol. The van der Waals surface area contributed by atoms with E-state index in [9.17, 15) is 13.2 Å². The van der Waals surface area contributed by atoms with Crippen molar-refractivity contribution in [2.45, 2.75) is 4.90 Å². The molecule has 1 aliphatic rings. The zero-order valence-electron chi connectivity index (χ0n) is 21.2. The molecule has 3 aromatic carbocycles. The molecule has 10 heteroatoms. The Morgan fingerprint density at radius 2 is 1.46 bits per heavy atom. The molecule has 0 radical (unpaired) electrons. The second-order valence-electron chi connectivity index (χ2n) is 8.43. The summed E-state index contributed by atoms with van der Waals surface area (Å²) in [6.07, 6.45) is 0. The molecule has 37 heavy (non-hydrogen) atoms. The van der Waals surface area contributed by atoms with Gasteiger partial charge in [0.2, 0.25) is 5.91 Å². The molecule has 1 amide bonds. The first-order chi connectivity index (χ1) is 17.9. The summed E-state index contributed by atoms with van der Waals surface area (Å²) >= 11 is 0. The Balaban J connectivity index is 1.59. The van der Waals surface area contributed by atoms with Crippen LogP contribution in [0.3, 0.4) is 0 Å². The quantitative estimate of drug-likeness (QED) is 0.424. The van der Waals surface area contributed by atoms with Crippen molar-refractivity contribution >= 4 is 27.3 Å². The van der Waals surface area contributed by atoms with Gasteiger partial charge in [0.15, 0.2) is 11.5 Å². The Labute approximate surface area is 217 Å². The van der Waals surface area contributed by atoms with E-state index >= 15 is 0 Å². The lowest BCUT2D eigenvalue weighted by molar-refractivity contribution is -0.129. The number of amides is 1. The molecule has 0 aromatic heterocycles. The van der Waals surface area contributed by atoms with Gasteiger partial charge < -0.3 is 24.0 Å². The lowest BCUT2D eigenvalue weighted by atomic mass is 10.2. The van der Waals surface area contributed by atoms with E-state index in [0.29, 0.717) is 43.4 Å². The van der Waals surface area contributed by atoms with Crippen molar-refractivity contribution in [3.8, 4) is 17.2 Å². The first-order valence-corrected chi connectivity index (χ1v) is 13.3. The molecule has 3 aromatic rings. The van der Waals surface area contributed by atoms with E-state index in [1.807, 2.05) is 30.3 Å². The molecule has 0 spiro atoms. The third-order valence-electron chi connectivity index (χ3n) is 6.34. The Hall–Kier alpha value is -3.92. The van der Waals surface area contributed by atoms with Gasteiger partial charge in [0.05, 0.1) is 31.9 Å². The number of nitrogens with zero attached hydrogens (tertiary/aromatic N) is 3. The number of ether oxygens (including phenoxy) is 3. The second-order valence-corrected chi connectivity index (χ2v) is 10.3. The maximum Gasteiger partial charge on any atom is 0.264 e. The van der Waals surface area contributed by atoms with E-state index in [4.69, 9.17) is 14.2 Å². The second kappa shape index (κ2) is 11.4. The number of para-hydroxylation sites is 1. The summed E-state index contributed by atoms with van der Waals surface area (Å²) in [5, 5.41) is 0. The van der Waals surface area contributed by atoms with Crippen molar-refractivity contribution in [3.63, 3.8) is 0 Å². The highest BCUT2D eigenvalue weighted by Gasteiger charge is 2.31. The van der Waals surface area contributed by atoms with Crippen LogP contribution in [0.4, 0.5) is 11.4 Å². The lowest BCUT2D eigenvalue weighted by Crippen LogP contribution is -2.52. The molecule has 1 saturated heterocycles. The van der Waals surface area contributed by atoms with E-state index in [1.165, 1.54) is 39.5 Å². The van der Waals surface area contributed by atoms with Gasteiger partial charge in [-0.3, -0.25) is 9.10 Å². The maximum atomic E-state index is 13.8. The summed E-state index contributed by atoms with van der Waals surface area (Å²) in [5.41, 5.74) is 1.46. The van der Waals surface area contributed by atoms with Crippen LogP contribution in [0, 0.1) is 0 Å². The predicted octanol–water partition coefficient (Wildman–Crippen LogP) is 3.26. The fourth-order valence-electron chi connectivity index (χ4n) is 4.24. The number of rotatable bonds is 9. The summed E-state index contributed by atoms with van der Waals surface area (Å²) in [6, 6.07) is 21.0. The molecule has 0 atom stereocenters. The Kier molecular flexibility index (Phi) is 8.08. The lowest BCUT2D eigenvalue weighted by Gasteiger charge is -2.37. The fourth-order valence-corrected chi connectivity index (χ4v) is 5.67. The highest BCUT2D eigenvalue weighted by Crippen LogP contribution is 2.32. The van der Waals surface area contributed by atoms with Crippen LogP contribution in [0.1, 0.15) is 0 Å². The zero-order valence-corrected chi connectivity index (χ0v) is 22.0. The predicted molar refractivity (Wildman–Crippen MR) is 142 cm³/mol. The molecule has 1 fully saturated rings. The fraction of sp³-hybridized carbons (Fsp3) is 0.296. The number of anilines is 2. The highest BCUT2D eigenvalue weighted by molar-refractivity contribution is 7.92. The smallest absolute Gasteiger partial charge is 0.264 e. The van der Waals surface area contributed by atoms with Crippen LogP contribution in [0.15, 0.2) is 77.7 Å². The summed E-state index contributed by atoms with van der Waals surface area (Å²) in [4.78, 5) is 17.3. The van der Waals surface area contributed by atoms with Gasteiger partial charge in [0, 0.05) is 37.9 Å². The molecule has 196 valence electrons. The molecule has 1 heterocycles. The van der Waals surface area contributed by atoms with Crippen molar-refractivity contribution in [3.05, 3.63) is 72.8 Å². The Morgan fingerprint density at radius 1 is 0.811 bits per heavy atom. The molecule has 4 rings (SSSR count). The first-order valence-electron chi connectivity index (χ1n) is 11.8. The van der Waals surface area contributed by atoms with Crippen LogP contribution in [0.2, 0.25) is 0 Å². The SMILES string of the molecule is COc1ccc(N(CC(=O)N2CCN(c3ccccc3)CC2)S(=O)(=O)c2ccc(OC)c(OC)c2)cc1. The normalized spacial score (nSPS) is 13.7. The molecule has 9 nitrogen and oxygen atoms in total. The van der Waals surface area contributed by atoms with E-state index in [2.05, 4.69) is 4.90 Å². The van der Waals surface area contributed by atoms with Crippen LogP contribution in [-0.4, -0.2) is 73.3 Å². The number of hydrogen-bond acceptors (Lipinski definition) is 7. The van der Waals surface area contributed by atoms with Gasteiger partial charge in [0.1, 0.15) is 12.3 Å². The van der Waals surface area contributed by atoms with Gasteiger partial charge in [-0.25, -0.2) is 8.42 Å². The van der Waals surface area contributed by atoms with Crippen molar-refractivity contribution < 1.29 is 27.4 Å². The van der Waals surface area contributed by atoms with E-state index in [-0.39, 0.29) is 23.1 Å². The maximum absolute atomic E-state index is 13.8. The molecule has 1 aliphatic heterocycles. The van der Waals surface area contributed by atoms with Crippen LogP contribution in [-0.2, 0) is 14.8 Å². The Bertz CT molecular complexity index is 1310. The van der Waals surface area contributed by atoms with E-state index < -0.39 is 10.0 Å². The summed E-state index contributed by atoms with van der Waals surface area (Å²) in [5.74, 6) is 0.995. The van der Waals surface area contributed by atoms with Gasteiger partial charge in [-0.2, -0.15) is 0 Å². The topological polar surface area (TPSA) is 88.6 Å². The molecule has 0 unspecified atom stereocenters. The Morgan fingerprint density at radius 3 is 2.05 bits per heavy atom. The van der Waals surface area contributed by atoms with Crippen molar-refractivity contribution in [1.29, 1.82) is 0 Å². The molecule has 0 saturated carbocycles. The highest BCUT2D eigenvalue weighted by atomic mass is 32.2. The monoisotopic (exact) mass is 525 g/mol. The number of carbonyl (C=O) groups is 1. The van der Waals surface area contributed by atoms with Crippen LogP contribution >= 0.6 is 0 Å². The standard InChI is InChI=1S/C27H31N3O6S/c1-34-23-11-9-22(10-12-23)30(37(32,33)24-13-14-25(35-2)26(19-24)36-3)20-27(31)29-17-15-28(16-18-29)21-7-5-4-6-8-21/h4-14,19H,15-18,20H2,1-3H3. The van der Waals surface area contributed by atoms with E-state index in [0.717, 1.165) is 9.99 Å². The average Bonchev–Trinajstić information content (AvgIpc) is 2.95. The number of piperazine rings is 1. The molecule has 0 bridgehead atoms. The minimum atomic E-state index is -4.12. The molecule has 0 aliphatic carbocycles.